The molecule has 0 aliphatic carbocycles. The lowest BCUT2D eigenvalue weighted by Crippen LogP contribution is -2.42. The first-order valence-corrected chi connectivity index (χ1v) is 14.0. The Hall–Kier alpha value is -3.08. The number of benzene rings is 2. The second-order valence-electron chi connectivity index (χ2n) is 9.32. The standard InChI is InChI=1S/C26H29N3O5S2/c1-17-7-9-20(10-8-17)23-16-35-26(27-23)28-24(30)15-34-25(31)21-5-4-6-22(12-21)36(32,33)29-13-18(2)11-19(3)14-29/h4-10,12,16,18-19H,11,13-15H2,1-3H3,(H,27,28,30). The SMILES string of the molecule is Cc1ccc(-c2csc(NC(=O)COC(=O)c3cccc(S(=O)(=O)N4CC(C)CC(C)C4)c3)n2)cc1. The van der Waals surface area contributed by atoms with Gasteiger partial charge in [0.1, 0.15) is 0 Å². The summed E-state index contributed by atoms with van der Waals surface area (Å²) >= 11 is 1.27. The summed E-state index contributed by atoms with van der Waals surface area (Å²) in [6.07, 6.45) is 0.981. The van der Waals surface area contributed by atoms with Crippen molar-refractivity contribution >= 4 is 38.4 Å². The first-order chi connectivity index (χ1) is 17.1. The highest BCUT2D eigenvalue weighted by Gasteiger charge is 2.32. The van der Waals surface area contributed by atoms with E-state index in [9.17, 15) is 18.0 Å². The zero-order valence-electron chi connectivity index (χ0n) is 20.4. The third kappa shape index (κ3) is 6.18. The number of sulfonamides is 1. The molecule has 2 aromatic carbocycles. The van der Waals surface area contributed by atoms with Crippen LogP contribution in [0.2, 0.25) is 0 Å². The highest BCUT2D eigenvalue weighted by Crippen LogP contribution is 2.27. The zero-order valence-corrected chi connectivity index (χ0v) is 22.1. The smallest absolute Gasteiger partial charge is 0.338 e. The van der Waals surface area contributed by atoms with E-state index >= 15 is 0 Å². The predicted octanol–water partition coefficient (Wildman–Crippen LogP) is 4.58. The lowest BCUT2D eigenvalue weighted by molar-refractivity contribution is -0.119. The largest absolute Gasteiger partial charge is 0.452 e. The van der Waals surface area contributed by atoms with Crippen molar-refractivity contribution in [3.05, 3.63) is 65.0 Å². The second kappa shape index (κ2) is 10.9. The van der Waals surface area contributed by atoms with Crippen molar-refractivity contribution in [1.29, 1.82) is 0 Å². The molecule has 2 unspecified atom stereocenters. The maximum Gasteiger partial charge on any atom is 0.338 e. The van der Waals surface area contributed by atoms with E-state index in [-0.39, 0.29) is 22.3 Å². The lowest BCUT2D eigenvalue weighted by Gasteiger charge is -2.34. The first-order valence-electron chi connectivity index (χ1n) is 11.7. The molecule has 36 heavy (non-hydrogen) atoms. The van der Waals surface area contributed by atoms with Gasteiger partial charge in [-0.15, -0.1) is 11.3 Å². The Labute approximate surface area is 215 Å². The van der Waals surface area contributed by atoms with Gasteiger partial charge in [-0.3, -0.25) is 10.1 Å². The minimum Gasteiger partial charge on any atom is -0.452 e. The van der Waals surface area contributed by atoms with Gasteiger partial charge in [-0.2, -0.15) is 4.31 Å². The number of ether oxygens (including phenoxy) is 1. The fourth-order valence-electron chi connectivity index (χ4n) is 4.29. The van der Waals surface area contributed by atoms with E-state index < -0.39 is 28.5 Å². The molecule has 1 amide bonds. The molecule has 10 heteroatoms. The lowest BCUT2D eigenvalue weighted by atomic mass is 9.94. The summed E-state index contributed by atoms with van der Waals surface area (Å²) in [7, 11) is -3.74. The monoisotopic (exact) mass is 527 g/mol. The van der Waals surface area contributed by atoms with Crippen LogP contribution in [0.25, 0.3) is 11.3 Å². The van der Waals surface area contributed by atoms with Crippen LogP contribution in [0.4, 0.5) is 5.13 Å². The number of carbonyl (C=O) groups is 2. The van der Waals surface area contributed by atoms with Crippen molar-refractivity contribution in [2.75, 3.05) is 25.0 Å². The van der Waals surface area contributed by atoms with Crippen LogP contribution in [0.3, 0.4) is 0 Å². The molecule has 3 aromatic rings. The van der Waals surface area contributed by atoms with Crippen molar-refractivity contribution < 1.29 is 22.7 Å². The molecule has 190 valence electrons. The number of esters is 1. The number of nitrogens with one attached hydrogen (secondary N) is 1. The number of hydrogen-bond donors (Lipinski definition) is 1. The molecule has 1 N–H and O–H groups in total. The number of rotatable bonds is 7. The maximum atomic E-state index is 13.1. The second-order valence-corrected chi connectivity index (χ2v) is 12.1. The van der Waals surface area contributed by atoms with Crippen LogP contribution in [0.15, 0.2) is 58.8 Å². The number of amides is 1. The third-order valence-corrected chi connectivity index (χ3v) is 8.56. The average molecular weight is 528 g/mol. The molecule has 8 nitrogen and oxygen atoms in total. The number of anilines is 1. The van der Waals surface area contributed by atoms with E-state index in [1.165, 1.54) is 39.9 Å². The summed E-state index contributed by atoms with van der Waals surface area (Å²) in [6.45, 7) is 6.45. The molecule has 1 fully saturated rings. The van der Waals surface area contributed by atoms with Crippen molar-refractivity contribution in [3.63, 3.8) is 0 Å². The maximum absolute atomic E-state index is 13.1. The summed E-state index contributed by atoms with van der Waals surface area (Å²) in [5.74, 6) is -0.780. The molecular weight excluding hydrogens is 498 g/mol. The van der Waals surface area contributed by atoms with E-state index in [1.54, 1.807) is 0 Å². The molecule has 1 aliphatic heterocycles. The Balaban J connectivity index is 1.36. The van der Waals surface area contributed by atoms with Gasteiger partial charge in [0.2, 0.25) is 10.0 Å². The summed E-state index contributed by atoms with van der Waals surface area (Å²) in [4.78, 5) is 29.3. The molecule has 1 aromatic heterocycles. The van der Waals surface area contributed by atoms with Crippen LogP contribution in [0.5, 0.6) is 0 Å². The number of nitrogens with zero attached hydrogens (tertiary/aromatic N) is 2. The normalized spacial score (nSPS) is 18.5. The molecule has 4 rings (SSSR count). The summed E-state index contributed by atoms with van der Waals surface area (Å²) in [5.41, 5.74) is 2.89. The molecule has 2 heterocycles. The molecule has 0 bridgehead atoms. The van der Waals surface area contributed by atoms with Crippen molar-refractivity contribution in [1.82, 2.24) is 9.29 Å². The molecule has 0 spiro atoms. The van der Waals surface area contributed by atoms with Crippen molar-refractivity contribution in [2.45, 2.75) is 32.1 Å². The van der Waals surface area contributed by atoms with Crippen LogP contribution in [-0.4, -0.2) is 49.3 Å². The van der Waals surface area contributed by atoms with Gasteiger partial charge in [-0.1, -0.05) is 49.7 Å². The molecule has 1 saturated heterocycles. The van der Waals surface area contributed by atoms with Crippen molar-refractivity contribution in [3.8, 4) is 11.3 Å². The van der Waals surface area contributed by atoms with E-state index in [2.05, 4.69) is 10.3 Å². The topological polar surface area (TPSA) is 106 Å². The number of piperidine rings is 1. The van der Waals surface area contributed by atoms with Gasteiger partial charge in [0.05, 0.1) is 16.2 Å². The number of thiazole rings is 1. The van der Waals surface area contributed by atoms with Crippen LogP contribution in [0.1, 0.15) is 36.2 Å². The van der Waals surface area contributed by atoms with Gasteiger partial charge in [0.15, 0.2) is 11.7 Å². The zero-order chi connectivity index (χ0) is 25.9. The fraction of sp³-hybridized carbons (Fsp3) is 0.346. The molecular formula is C26H29N3O5S2. The number of carbonyl (C=O) groups excluding carboxylic acids is 2. The Morgan fingerprint density at radius 1 is 1.11 bits per heavy atom. The van der Waals surface area contributed by atoms with Gasteiger partial charge in [0.25, 0.3) is 5.91 Å². The number of aryl methyl sites for hydroxylation is 1. The highest BCUT2D eigenvalue weighted by molar-refractivity contribution is 7.89. The molecule has 0 radical (unpaired) electrons. The molecule has 2 atom stereocenters. The van der Waals surface area contributed by atoms with Gasteiger partial charge in [-0.25, -0.2) is 18.2 Å². The predicted molar refractivity (Wildman–Crippen MR) is 139 cm³/mol. The Kier molecular flexibility index (Phi) is 7.87. The number of aromatic nitrogens is 1. The first kappa shape index (κ1) is 26.0. The number of hydrogen-bond acceptors (Lipinski definition) is 7. The van der Waals surface area contributed by atoms with E-state index in [1.807, 2.05) is 50.4 Å². The Bertz CT molecular complexity index is 1340. The fourth-order valence-corrected chi connectivity index (χ4v) is 6.75. The van der Waals surface area contributed by atoms with Gasteiger partial charge < -0.3 is 4.74 Å². The van der Waals surface area contributed by atoms with E-state index in [0.717, 1.165) is 23.2 Å². The van der Waals surface area contributed by atoms with E-state index in [0.29, 0.717) is 18.2 Å². The summed E-state index contributed by atoms with van der Waals surface area (Å²) < 4.78 is 32.9. The van der Waals surface area contributed by atoms with Crippen LogP contribution in [0, 0.1) is 18.8 Å². The van der Waals surface area contributed by atoms with Gasteiger partial charge in [-0.05, 0) is 43.4 Å². The Morgan fingerprint density at radius 2 is 1.81 bits per heavy atom. The highest BCUT2D eigenvalue weighted by atomic mass is 32.2. The summed E-state index contributed by atoms with van der Waals surface area (Å²) in [6, 6.07) is 13.6. The minimum atomic E-state index is -3.74. The minimum absolute atomic E-state index is 0.0362. The third-order valence-electron chi connectivity index (χ3n) is 5.98. The van der Waals surface area contributed by atoms with Crippen molar-refractivity contribution in [2.24, 2.45) is 11.8 Å². The average Bonchev–Trinajstić information content (AvgIpc) is 3.30. The molecule has 1 aliphatic rings. The quantitative estimate of drug-likeness (QED) is 0.451. The molecule has 0 saturated carbocycles. The van der Waals surface area contributed by atoms with Crippen LogP contribution in [-0.2, 0) is 19.6 Å². The van der Waals surface area contributed by atoms with E-state index in [4.69, 9.17) is 4.74 Å². The van der Waals surface area contributed by atoms with Crippen LogP contribution < -0.4 is 5.32 Å². The summed E-state index contributed by atoms with van der Waals surface area (Å²) in [5, 5.41) is 4.85. The van der Waals surface area contributed by atoms with Gasteiger partial charge in [0, 0.05) is 24.0 Å². The Morgan fingerprint density at radius 3 is 2.50 bits per heavy atom. The van der Waals surface area contributed by atoms with Crippen LogP contribution >= 0.6 is 11.3 Å². The van der Waals surface area contributed by atoms with Gasteiger partial charge >= 0.3 is 5.97 Å².